The molecule has 1 aromatic heterocycles. The zero-order chi connectivity index (χ0) is 20.5. The van der Waals surface area contributed by atoms with Gasteiger partial charge in [0.2, 0.25) is 5.91 Å². The molecule has 0 aromatic carbocycles. The molecule has 0 unspecified atom stereocenters. The van der Waals surface area contributed by atoms with Crippen LogP contribution in [0.3, 0.4) is 0 Å². The number of rotatable bonds is 11. The number of carbonyl (C=O) groups excluding carboxylic acids is 2. The summed E-state index contributed by atoms with van der Waals surface area (Å²) in [5.74, 6) is 1.59. The summed E-state index contributed by atoms with van der Waals surface area (Å²) in [4.78, 5) is 27.1. The van der Waals surface area contributed by atoms with Crippen LogP contribution in [0, 0.1) is 11.8 Å². The summed E-state index contributed by atoms with van der Waals surface area (Å²) < 4.78 is 5.39. The Balaban J connectivity index is 1.99. The fourth-order valence-corrected chi connectivity index (χ4v) is 3.97. The molecule has 1 N–H and O–H groups in total. The zero-order valence-electron chi connectivity index (χ0n) is 18.0. The highest BCUT2D eigenvalue weighted by Crippen LogP contribution is 2.29. The summed E-state index contributed by atoms with van der Waals surface area (Å²) in [6, 6.07) is 1.84. The molecule has 1 saturated carbocycles. The van der Waals surface area contributed by atoms with Crippen molar-refractivity contribution in [1.82, 2.24) is 15.4 Å². The van der Waals surface area contributed by atoms with Gasteiger partial charge in [0.25, 0.3) is 5.91 Å². The van der Waals surface area contributed by atoms with E-state index < -0.39 is 0 Å². The van der Waals surface area contributed by atoms with E-state index in [1.54, 1.807) is 6.07 Å². The van der Waals surface area contributed by atoms with Crippen molar-refractivity contribution in [2.45, 2.75) is 91.6 Å². The zero-order valence-corrected chi connectivity index (χ0v) is 18.0. The van der Waals surface area contributed by atoms with Gasteiger partial charge in [-0.25, -0.2) is 0 Å². The van der Waals surface area contributed by atoms with Crippen molar-refractivity contribution in [3.05, 3.63) is 17.5 Å². The number of nitrogens with zero attached hydrogens (tertiary/aromatic N) is 2. The van der Waals surface area contributed by atoms with Gasteiger partial charge in [-0.3, -0.25) is 9.59 Å². The van der Waals surface area contributed by atoms with Crippen LogP contribution >= 0.6 is 0 Å². The van der Waals surface area contributed by atoms with E-state index in [9.17, 15) is 9.59 Å². The van der Waals surface area contributed by atoms with Crippen LogP contribution in [0.4, 0.5) is 0 Å². The Hall–Kier alpha value is -1.85. The van der Waals surface area contributed by atoms with Gasteiger partial charge in [0.1, 0.15) is 0 Å². The number of hydrogen-bond donors (Lipinski definition) is 1. The van der Waals surface area contributed by atoms with E-state index in [2.05, 4.69) is 24.3 Å². The first kappa shape index (κ1) is 22.4. The molecule has 28 heavy (non-hydrogen) atoms. The van der Waals surface area contributed by atoms with Gasteiger partial charge in [0.15, 0.2) is 11.5 Å². The first-order chi connectivity index (χ1) is 13.4. The van der Waals surface area contributed by atoms with Gasteiger partial charge in [-0.05, 0) is 31.1 Å². The van der Waals surface area contributed by atoms with E-state index in [0.29, 0.717) is 37.1 Å². The summed E-state index contributed by atoms with van der Waals surface area (Å²) in [6.45, 7) is 9.27. The van der Waals surface area contributed by atoms with Crippen molar-refractivity contribution in [2.75, 3.05) is 6.54 Å². The molecule has 2 amide bonds. The lowest BCUT2D eigenvalue weighted by Gasteiger charge is -2.30. The quantitative estimate of drug-likeness (QED) is 0.600. The molecule has 0 bridgehead atoms. The van der Waals surface area contributed by atoms with E-state index in [0.717, 1.165) is 19.3 Å². The van der Waals surface area contributed by atoms with Crippen molar-refractivity contribution in [3.63, 3.8) is 0 Å². The molecule has 1 aliphatic carbocycles. The van der Waals surface area contributed by atoms with E-state index >= 15 is 0 Å². The van der Waals surface area contributed by atoms with Crippen LogP contribution in [0.1, 0.15) is 95.3 Å². The lowest BCUT2D eigenvalue weighted by molar-refractivity contribution is -0.135. The van der Waals surface area contributed by atoms with Gasteiger partial charge in [-0.2, -0.15) is 0 Å². The lowest BCUT2D eigenvalue weighted by Crippen LogP contribution is -2.39. The highest BCUT2D eigenvalue weighted by atomic mass is 16.5. The molecule has 0 saturated heterocycles. The van der Waals surface area contributed by atoms with Crippen LogP contribution < -0.4 is 5.32 Å². The van der Waals surface area contributed by atoms with E-state index in [1.807, 2.05) is 18.7 Å². The molecule has 2 rings (SSSR count). The minimum absolute atomic E-state index is 0.180. The Morgan fingerprint density at radius 1 is 1.25 bits per heavy atom. The summed E-state index contributed by atoms with van der Waals surface area (Å²) in [5.41, 5.74) is 0.276. The normalized spacial score (nSPS) is 14.8. The predicted octanol–water partition coefficient (Wildman–Crippen LogP) is 4.55. The average molecular weight is 392 g/mol. The molecular formula is C22H37N3O3. The summed E-state index contributed by atoms with van der Waals surface area (Å²) in [7, 11) is 0. The molecule has 1 aliphatic rings. The van der Waals surface area contributed by atoms with Gasteiger partial charge in [-0.1, -0.05) is 58.5 Å². The van der Waals surface area contributed by atoms with Crippen LogP contribution in [-0.2, 0) is 11.3 Å². The Kier molecular flexibility index (Phi) is 9.00. The van der Waals surface area contributed by atoms with Gasteiger partial charge >= 0.3 is 0 Å². The third-order valence-corrected chi connectivity index (χ3v) is 5.73. The molecule has 1 fully saturated rings. The number of aromatic nitrogens is 1. The van der Waals surface area contributed by atoms with Crippen molar-refractivity contribution < 1.29 is 14.1 Å². The second-order valence-electron chi connectivity index (χ2n) is 8.46. The Bertz CT molecular complexity index is 616. The fraction of sp³-hybridized carbons (Fsp3) is 0.773. The SMILES string of the molecule is CCC(CC)N(Cc1cc(C(=O)NCC(C)C)no1)C(=O)CCC1CCCC1. The van der Waals surface area contributed by atoms with Crippen LogP contribution in [0.15, 0.2) is 10.6 Å². The number of amides is 2. The summed E-state index contributed by atoms with van der Waals surface area (Å²) in [5, 5.41) is 6.74. The highest BCUT2D eigenvalue weighted by Gasteiger charge is 2.25. The predicted molar refractivity (Wildman–Crippen MR) is 110 cm³/mol. The molecule has 158 valence electrons. The molecule has 1 heterocycles. The van der Waals surface area contributed by atoms with Crippen LogP contribution in [0.2, 0.25) is 0 Å². The van der Waals surface area contributed by atoms with Crippen molar-refractivity contribution in [3.8, 4) is 0 Å². The van der Waals surface area contributed by atoms with Gasteiger partial charge in [-0.15, -0.1) is 0 Å². The fourth-order valence-electron chi connectivity index (χ4n) is 3.97. The van der Waals surface area contributed by atoms with Crippen LogP contribution in [0.25, 0.3) is 0 Å². The third kappa shape index (κ3) is 6.64. The molecule has 6 heteroatoms. The monoisotopic (exact) mass is 391 g/mol. The van der Waals surface area contributed by atoms with E-state index in [-0.39, 0.29) is 23.6 Å². The first-order valence-electron chi connectivity index (χ1n) is 11.0. The smallest absolute Gasteiger partial charge is 0.273 e. The van der Waals surface area contributed by atoms with Crippen LogP contribution in [0.5, 0.6) is 0 Å². The maximum Gasteiger partial charge on any atom is 0.273 e. The molecule has 0 aliphatic heterocycles. The number of carbonyl (C=O) groups is 2. The summed E-state index contributed by atoms with van der Waals surface area (Å²) >= 11 is 0. The van der Waals surface area contributed by atoms with Gasteiger partial charge < -0.3 is 14.7 Å². The minimum atomic E-state index is -0.231. The molecule has 6 nitrogen and oxygen atoms in total. The largest absolute Gasteiger partial charge is 0.359 e. The average Bonchev–Trinajstić information content (AvgIpc) is 3.36. The van der Waals surface area contributed by atoms with Gasteiger partial charge in [0.05, 0.1) is 6.54 Å². The third-order valence-electron chi connectivity index (χ3n) is 5.73. The first-order valence-corrected chi connectivity index (χ1v) is 11.0. The van der Waals surface area contributed by atoms with Crippen molar-refractivity contribution in [1.29, 1.82) is 0 Å². The maximum atomic E-state index is 13.0. The van der Waals surface area contributed by atoms with Crippen molar-refractivity contribution in [2.24, 2.45) is 11.8 Å². The van der Waals surface area contributed by atoms with Crippen molar-refractivity contribution >= 4 is 11.8 Å². The molecule has 0 spiro atoms. The maximum absolute atomic E-state index is 13.0. The Morgan fingerprint density at radius 3 is 2.54 bits per heavy atom. The second-order valence-corrected chi connectivity index (χ2v) is 8.46. The summed E-state index contributed by atoms with van der Waals surface area (Å²) in [6.07, 6.45) is 8.50. The van der Waals surface area contributed by atoms with Gasteiger partial charge in [0, 0.05) is 25.1 Å². The topological polar surface area (TPSA) is 75.4 Å². The standard InChI is InChI=1S/C22H37N3O3/c1-5-18(6-2)25(21(26)12-11-17-9-7-8-10-17)15-19-13-20(24-28-19)22(27)23-14-16(3)4/h13,16-18H,5-12,14-15H2,1-4H3,(H,23,27). The molecule has 1 aromatic rings. The van der Waals surface area contributed by atoms with E-state index in [1.165, 1.54) is 25.7 Å². The van der Waals surface area contributed by atoms with E-state index in [4.69, 9.17) is 4.52 Å². The minimum Gasteiger partial charge on any atom is -0.359 e. The number of hydrogen-bond acceptors (Lipinski definition) is 4. The Labute approximate surface area is 169 Å². The highest BCUT2D eigenvalue weighted by molar-refractivity contribution is 5.92. The molecule has 0 atom stereocenters. The Morgan fingerprint density at radius 2 is 1.93 bits per heavy atom. The molecule has 0 radical (unpaired) electrons. The lowest BCUT2D eigenvalue weighted by atomic mass is 10.0. The second kappa shape index (κ2) is 11.2. The molecular weight excluding hydrogens is 354 g/mol. The van der Waals surface area contributed by atoms with Crippen LogP contribution in [-0.4, -0.2) is 34.5 Å². The number of nitrogens with one attached hydrogen (secondary N) is 1.